The highest BCUT2D eigenvalue weighted by molar-refractivity contribution is 5.97. The summed E-state index contributed by atoms with van der Waals surface area (Å²) in [5, 5.41) is 0. The van der Waals surface area contributed by atoms with Gasteiger partial charge in [0.2, 0.25) is 12.1 Å². The predicted molar refractivity (Wildman–Crippen MR) is 70.7 cm³/mol. The van der Waals surface area contributed by atoms with E-state index in [9.17, 15) is 4.79 Å². The third kappa shape index (κ3) is 5.03. The molecule has 0 amide bonds. The molecule has 0 aliphatic carbocycles. The second-order valence-electron chi connectivity index (χ2n) is 4.82. The Labute approximate surface area is 114 Å². The SMILES string of the molecule is CCOC(OCC)C(=O)/C(C)=C/[C@H]1COC(C)(C)O1. The van der Waals surface area contributed by atoms with E-state index in [0.29, 0.717) is 25.4 Å². The lowest BCUT2D eigenvalue weighted by Gasteiger charge is -2.17. The molecule has 1 rings (SSSR count). The minimum atomic E-state index is -0.832. The van der Waals surface area contributed by atoms with Crippen LogP contribution in [-0.2, 0) is 23.7 Å². The third-order valence-electron chi connectivity index (χ3n) is 2.71. The molecule has 0 unspecified atom stereocenters. The zero-order valence-corrected chi connectivity index (χ0v) is 12.4. The van der Waals surface area contributed by atoms with Gasteiger partial charge in [0.25, 0.3) is 0 Å². The number of hydrogen-bond acceptors (Lipinski definition) is 5. The molecule has 0 aromatic heterocycles. The molecule has 0 aromatic rings. The molecule has 0 saturated carbocycles. The average Bonchev–Trinajstić information content (AvgIpc) is 2.67. The minimum absolute atomic E-state index is 0.169. The van der Waals surface area contributed by atoms with Crippen LogP contribution in [0.1, 0.15) is 34.6 Å². The quantitative estimate of drug-likeness (QED) is 0.524. The Hall–Kier alpha value is -0.750. The molecule has 1 aliphatic heterocycles. The highest BCUT2D eigenvalue weighted by Crippen LogP contribution is 2.24. The maximum absolute atomic E-state index is 12.2. The normalized spacial score (nSPS) is 23.1. The van der Waals surface area contributed by atoms with Gasteiger partial charge in [-0.15, -0.1) is 0 Å². The van der Waals surface area contributed by atoms with Crippen molar-refractivity contribution in [2.45, 2.75) is 52.8 Å². The van der Waals surface area contributed by atoms with Crippen molar-refractivity contribution < 1.29 is 23.7 Å². The molecule has 0 bridgehead atoms. The van der Waals surface area contributed by atoms with Gasteiger partial charge in [-0.05, 0) is 46.3 Å². The summed E-state index contributed by atoms with van der Waals surface area (Å²) in [4.78, 5) is 12.2. The fourth-order valence-corrected chi connectivity index (χ4v) is 1.85. The van der Waals surface area contributed by atoms with Crippen LogP contribution in [0, 0.1) is 0 Å². The second-order valence-corrected chi connectivity index (χ2v) is 4.82. The summed E-state index contributed by atoms with van der Waals surface area (Å²) >= 11 is 0. The van der Waals surface area contributed by atoms with E-state index in [0.717, 1.165) is 0 Å². The lowest BCUT2D eigenvalue weighted by molar-refractivity contribution is -0.164. The molecule has 0 N–H and O–H groups in total. The monoisotopic (exact) mass is 272 g/mol. The fourth-order valence-electron chi connectivity index (χ4n) is 1.85. The maximum atomic E-state index is 12.2. The summed E-state index contributed by atoms with van der Waals surface area (Å²) in [6.45, 7) is 10.4. The molecule has 1 aliphatic rings. The van der Waals surface area contributed by atoms with Crippen LogP contribution in [-0.4, -0.2) is 43.8 Å². The van der Waals surface area contributed by atoms with Crippen LogP contribution in [0.15, 0.2) is 11.6 Å². The van der Waals surface area contributed by atoms with Crippen molar-refractivity contribution in [3.05, 3.63) is 11.6 Å². The van der Waals surface area contributed by atoms with E-state index in [1.807, 2.05) is 27.7 Å². The largest absolute Gasteiger partial charge is 0.347 e. The van der Waals surface area contributed by atoms with E-state index in [1.54, 1.807) is 13.0 Å². The van der Waals surface area contributed by atoms with Gasteiger partial charge >= 0.3 is 0 Å². The molecule has 5 heteroatoms. The van der Waals surface area contributed by atoms with Crippen LogP contribution in [0.4, 0.5) is 0 Å². The molecule has 0 aromatic carbocycles. The first kappa shape index (κ1) is 16.3. The summed E-state index contributed by atoms with van der Waals surface area (Å²) < 4.78 is 21.7. The van der Waals surface area contributed by atoms with Crippen LogP contribution < -0.4 is 0 Å². The van der Waals surface area contributed by atoms with Gasteiger partial charge in [0, 0.05) is 13.2 Å². The second kappa shape index (κ2) is 7.14. The molecular formula is C14H24O5. The van der Waals surface area contributed by atoms with E-state index < -0.39 is 12.1 Å². The van der Waals surface area contributed by atoms with Crippen LogP contribution in [0.5, 0.6) is 0 Å². The van der Waals surface area contributed by atoms with Gasteiger partial charge in [-0.3, -0.25) is 4.79 Å². The topological polar surface area (TPSA) is 54.0 Å². The minimum Gasteiger partial charge on any atom is -0.347 e. The van der Waals surface area contributed by atoms with Gasteiger partial charge in [0.15, 0.2) is 5.79 Å². The highest BCUT2D eigenvalue weighted by atomic mass is 16.7. The number of ether oxygens (including phenoxy) is 4. The van der Waals surface area contributed by atoms with Crippen LogP contribution in [0.25, 0.3) is 0 Å². The molecule has 1 atom stereocenters. The number of ketones is 1. The van der Waals surface area contributed by atoms with Gasteiger partial charge in [0.1, 0.15) is 6.10 Å². The lowest BCUT2D eigenvalue weighted by Crippen LogP contribution is -2.29. The molecule has 110 valence electrons. The van der Waals surface area contributed by atoms with Gasteiger partial charge in [0.05, 0.1) is 6.61 Å². The van der Waals surface area contributed by atoms with Crippen molar-refractivity contribution in [3.63, 3.8) is 0 Å². The van der Waals surface area contributed by atoms with E-state index in [2.05, 4.69) is 0 Å². The number of carbonyl (C=O) groups is 1. The Balaban J connectivity index is 2.64. The Morgan fingerprint density at radius 2 is 1.95 bits per heavy atom. The standard InChI is InChI=1S/C14H24O5/c1-6-16-13(17-7-2)12(15)10(3)8-11-9-18-14(4,5)19-11/h8,11,13H,6-7,9H2,1-5H3/b10-8+/t11-/m0/s1. The summed E-state index contributed by atoms with van der Waals surface area (Å²) in [6.07, 6.45) is 0.728. The number of rotatable bonds is 7. The first-order chi connectivity index (χ1) is 8.89. The molecule has 1 fully saturated rings. The van der Waals surface area contributed by atoms with Crippen molar-refractivity contribution in [1.29, 1.82) is 0 Å². The third-order valence-corrected chi connectivity index (χ3v) is 2.71. The molecule has 19 heavy (non-hydrogen) atoms. The van der Waals surface area contributed by atoms with E-state index in [-0.39, 0.29) is 11.9 Å². The van der Waals surface area contributed by atoms with Gasteiger partial charge in [-0.2, -0.15) is 0 Å². The van der Waals surface area contributed by atoms with E-state index in [4.69, 9.17) is 18.9 Å². The molecular weight excluding hydrogens is 248 g/mol. The first-order valence-corrected chi connectivity index (χ1v) is 6.67. The van der Waals surface area contributed by atoms with Crippen LogP contribution in [0.2, 0.25) is 0 Å². The Morgan fingerprint density at radius 3 is 2.37 bits per heavy atom. The maximum Gasteiger partial charge on any atom is 0.222 e. The average molecular weight is 272 g/mol. The van der Waals surface area contributed by atoms with Crippen LogP contribution in [0.3, 0.4) is 0 Å². The van der Waals surface area contributed by atoms with Gasteiger partial charge < -0.3 is 18.9 Å². The Kier molecular flexibility index (Phi) is 6.13. The number of hydrogen-bond donors (Lipinski definition) is 0. The van der Waals surface area contributed by atoms with Crippen molar-refractivity contribution >= 4 is 5.78 Å². The van der Waals surface area contributed by atoms with Crippen molar-refractivity contribution in [1.82, 2.24) is 0 Å². The number of Topliss-reactive ketones (excluding diaryl/α,β-unsaturated/α-hetero) is 1. The molecule has 5 nitrogen and oxygen atoms in total. The summed E-state index contributed by atoms with van der Waals surface area (Å²) in [5.74, 6) is -0.763. The lowest BCUT2D eigenvalue weighted by atomic mass is 10.1. The zero-order valence-electron chi connectivity index (χ0n) is 12.4. The van der Waals surface area contributed by atoms with E-state index in [1.165, 1.54) is 0 Å². The molecule has 0 radical (unpaired) electrons. The van der Waals surface area contributed by atoms with Crippen molar-refractivity contribution in [2.75, 3.05) is 19.8 Å². The Bertz CT molecular complexity index is 329. The first-order valence-electron chi connectivity index (χ1n) is 6.67. The molecule has 0 spiro atoms. The molecule has 1 saturated heterocycles. The molecule has 1 heterocycles. The fraction of sp³-hybridized carbons (Fsp3) is 0.786. The van der Waals surface area contributed by atoms with E-state index >= 15 is 0 Å². The number of carbonyl (C=O) groups excluding carboxylic acids is 1. The smallest absolute Gasteiger partial charge is 0.222 e. The zero-order chi connectivity index (χ0) is 14.5. The van der Waals surface area contributed by atoms with Gasteiger partial charge in [-0.25, -0.2) is 0 Å². The predicted octanol–water partition coefficient (Wildman–Crippen LogP) is 2.05. The summed E-state index contributed by atoms with van der Waals surface area (Å²) in [6, 6.07) is 0. The Morgan fingerprint density at radius 1 is 1.37 bits per heavy atom. The van der Waals surface area contributed by atoms with Crippen molar-refractivity contribution in [3.8, 4) is 0 Å². The van der Waals surface area contributed by atoms with Crippen molar-refractivity contribution in [2.24, 2.45) is 0 Å². The summed E-state index contributed by atoms with van der Waals surface area (Å²) in [7, 11) is 0. The highest BCUT2D eigenvalue weighted by Gasteiger charge is 2.32. The van der Waals surface area contributed by atoms with Gasteiger partial charge in [-0.1, -0.05) is 0 Å². The summed E-state index contributed by atoms with van der Waals surface area (Å²) in [5.41, 5.74) is 0.568. The van der Waals surface area contributed by atoms with Crippen LogP contribution >= 0.6 is 0 Å².